The van der Waals surface area contributed by atoms with Gasteiger partial charge in [0.1, 0.15) is 4.99 Å². The third-order valence-corrected chi connectivity index (χ3v) is 4.26. The lowest BCUT2D eigenvalue weighted by Gasteiger charge is -2.28. The maximum atomic E-state index is 5.84. The van der Waals surface area contributed by atoms with Crippen molar-refractivity contribution in [2.75, 3.05) is 5.32 Å². The molecule has 1 fully saturated rings. The molecule has 1 aromatic rings. The van der Waals surface area contributed by atoms with Crippen molar-refractivity contribution in [3.8, 4) is 0 Å². The number of aryl methyl sites for hydroxylation is 1. The van der Waals surface area contributed by atoms with E-state index in [4.69, 9.17) is 18.0 Å². The number of anilines is 1. The third kappa shape index (κ3) is 3.21. The predicted molar refractivity (Wildman–Crippen MR) is 82.4 cm³/mol. The number of hydrogen-bond acceptors (Lipinski definition) is 4. The fraction of sp³-hybridized carbons (Fsp3) is 0.643. The van der Waals surface area contributed by atoms with Crippen LogP contribution in [0, 0.1) is 19.8 Å². The van der Waals surface area contributed by atoms with Crippen LogP contribution in [0.1, 0.15) is 49.4 Å². The summed E-state index contributed by atoms with van der Waals surface area (Å²) in [6, 6.07) is 0.459. The first-order chi connectivity index (χ1) is 8.99. The molecule has 0 radical (unpaired) electrons. The number of hydrogen-bond donors (Lipinski definition) is 2. The Hall–Kier alpha value is -1.23. The van der Waals surface area contributed by atoms with E-state index in [1.54, 1.807) is 0 Å². The van der Waals surface area contributed by atoms with E-state index in [0.29, 0.717) is 11.0 Å². The molecule has 1 aliphatic carbocycles. The van der Waals surface area contributed by atoms with E-state index in [2.05, 4.69) is 22.4 Å². The zero-order chi connectivity index (χ0) is 14.0. The van der Waals surface area contributed by atoms with Gasteiger partial charge in [0, 0.05) is 6.04 Å². The van der Waals surface area contributed by atoms with Crippen molar-refractivity contribution in [1.82, 2.24) is 10.2 Å². The molecular formula is C14H22N4S. The average molecular weight is 278 g/mol. The van der Waals surface area contributed by atoms with Gasteiger partial charge in [-0.15, -0.1) is 5.10 Å². The van der Waals surface area contributed by atoms with Crippen molar-refractivity contribution in [2.45, 2.75) is 52.5 Å². The lowest BCUT2D eigenvalue weighted by molar-refractivity contribution is 0.360. The Morgan fingerprint density at radius 2 is 1.84 bits per heavy atom. The summed E-state index contributed by atoms with van der Waals surface area (Å²) in [7, 11) is 0. The maximum Gasteiger partial charge on any atom is 0.159 e. The zero-order valence-corrected chi connectivity index (χ0v) is 12.7. The van der Waals surface area contributed by atoms with Crippen LogP contribution in [0.2, 0.25) is 0 Å². The van der Waals surface area contributed by atoms with Gasteiger partial charge < -0.3 is 11.1 Å². The largest absolute Gasteiger partial charge is 0.389 e. The van der Waals surface area contributed by atoms with Crippen LogP contribution in [0.5, 0.6) is 0 Å². The molecule has 1 heterocycles. The van der Waals surface area contributed by atoms with Gasteiger partial charge in [0.2, 0.25) is 0 Å². The molecule has 0 unspecified atom stereocenters. The van der Waals surface area contributed by atoms with Crippen LogP contribution in [0.15, 0.2) is 0 Å². The number of rotatable bonds is 3. The Morgan fingerprint density at radius 1 is 1.21 bits per heavy atom. The van der Waals surface area contributed by atoms with Gasteiger partial charge in [-0.25, -0.2) is 0 Å². The fourth-order valence-electron chi connectivity index (χ4n) is 2.61. The molecule has 104 valence electrons. The SMILES string of the molecule is Cc1nnc(NC2CCC(C)CC2)c(C(N)=S)c1C. The van der Waals surface area contributed by atoms with Gasteiger partial charge in [-0.1, -0.05) is 19.1 Å². The molecule has 0 amide bonds. The summed E-state index contributed by atoms with van der Waals surface area (Å²) in [4.78, 5) is 0.391. The van der Waals surface area contributed by atoms with E-state index in [9.17, 15) is 0 Å². The average Bonchev–Trinajstić information content (AvgIpc) is 2.36. The van der Waals surface area contributed by atoms with Crippen molar-refractivity contribution in [3.63, 3.8) is 0 Å². The molecule has 1 aromatic heterocycles. The molecule has 0 saturated heterocycles. The summed E-state index contributed by atoms with van der Waals surface area (Å²) in [5.74, 6) is 1.58. The van der Waals surface area contributed by atoms with E-state index >= 15 is 0 Å². The van der Waals surface area contributed by atoms with Gasteiger partial charge in [-0.05, 0) is 51.0 Å². The molecule has 1 aliphatic rings. The summed E-state index contributed by atoms with van der Waals surface area (Å²) in [5, 5.41) is 11.9. The van der Waals surface area contributed by atoms with Crippen molar-refractivity contribution < 1.29 is 0 Å². The standard InChI is InChI=1S/C14H22N4S/c1-8-4-6-11(7-5-8)16-14-12(13(15)19)9(2)10(3)17-18-14/h8,11H,4-7H2,1-3H3,(H2,15,19)(H,16,18). The first-order valence-electron chi connectivity index (χ1n) is 6.89. The van der Waals surface area contributed by atoms with E-state index in [-0.39, 0.29) is 0 Å². The van der Waals surface area contributed by atoms with Gasteiger partial charge >= 0.3 is 0 Å². The topological polar surface area (TPSA) is 63.8 Å². The number of nitrogens with one attached hydrogen (secondary N) is 1. The molecule has 0 atom stereocenters. The quantitative estimate of drug-likeness (QED) is 0.832. The number of thiocarbonyl (C=S) groups is 1. The van der Waals surface area contributed by atoms with Crippen molar-refractivity contribution >= 4 is 23.0 Å². The van der Waals surface area contributed by atoms with Crippen LogP contribution in [0.3, 0.4) is 0 Å². The highest BCUT2D eigenvalue weighted by atomic mass is 32.1. The molecule has 3 N–H and O–H groups in total. The van der Waals surface area contributed by atoms with Crippen molar-refractivity contribution in [3.05, 3.63) is 16.8 Å². The first kappa shape index (κ1) is 14.2. The molecule has 0 spiro atoms. The van der Waals surface area contributed by atoms with E-state index in [1.807, 2.05) is 13.8 Å². The third-order valence-electron chi connectivity index (χ3n) is 4.06. The second kappa shape index (κ2) is 5.82. The van der Waals surface area contributed by atoms with Gasteiger partial charge in [0.25, 0.3) is 0 Å². The predicted octanol–water partition coefficient (Wildman–Crippen LogP) is 2.72. The van der Waals surface area contributed by atoms with Gasteiger partial charge in [-0.3, -0.25) is 0 Å². The van der Waals surface area contributed by atoms with Gasteiger partial charge in [-0.2, -0.15) is 5.10 Å². The Bertz CT molecular complexity index is 479. The minimum absolute atomic E-state index is 0.391. The molecular weight excluding hydrogens is 256 g/mol. The van der Waals surface area contributed by atoms with E-state index in [0.717, 1.165) is 28.6 Å². The summed E-state index contributed by atoms with van der Waals surface area (Å²) in [6.45, 7) is 6.23. The van der Waals surface area contributed by atoms with Gasteiger partial charge in [0.15, 0.2) is 5.82 Å². The lowest BCUT2D eigenvalue weighted by atomic mass is 9.87. The molecule has 0 bridgehead atoms. The van der Waals surface area contributed by atoms with Crippen molar-refractivity contribution in [2.24, 2.45) is 11.7 Å². The Morgan fingerprint density at radius 3 is 2.42 bits per heavy atom. The minimum Gasteiger partial charge on any atom is -0.389 e. The minimum atomic E-state index is 0.391. The summed E-state index contributed by atoms with van der Waals surface area (Å²) >= 11 is 5.15. The fourth-order valence-corrected chi connectivity index (χ4v) is 2.86. The smallest absolute Gasteiger partial charge is 0.159 e. The molecule has 2 rings (SSSR count). The first-order valence-corrected chi connectivity index (χ1v) is 7.30. The lowest BCUT2D eigenvalue weighted by Crippen LogP contribution is -2.28. The highest BCUT2D eigenvalue weighted by Gasteiger charge is 2.21. The van der Waals surface area contributed by atoms with Crippen LogP contribution in [-0.4, -0.2) is 21.2 Å². The Labute approximate surface area is 120 Å². The van der Waals surface area contributed by atoms with Crippen LogP contribution in [0.4, 0.5) is 5.82 Å². The van der Waals surface area contributed by atoms with Crippen LogP contribution in [0.25, 0.3) is 0 Å². The van der Waals surface area contributed by atoms with Crippen molar-refractivity contribution in [1.29, 1.82) is 0 Å². The molecule has 1 saturated carbocycles. The van der Waals surface area contributed by atoms with Crippen LogP contribution >= 0.6 is 12.2 Å². The van der Waals surface area contributed by atoms with E-state index in [1.165, 1.54) is 25.7 Å². The van der Waals surface area contributed by atoms with Crippen LogP contribution < -0.4 is 11.1 Å². The number of nitrogens with two attached hydrogens (primary N) is 1. The monoisotopic (exact) mass is 278 g/mol. The highest BCUT2D eigenvalue weighted by molar-refractivity contribution is 7.80. The Balaban J connectivity index is 2.20. The van der Waals surface area contributed by atoms with Crippen LogP contribution in [-0.2, 0) is 0 Å². The summed E-state index contributed by atoms with van der Waals surface area (Å²) < 4.78 is 0. The summed E-state index contributed by atoms with van der Waals surface area (Å²) in [6.07, 6.45) is 4.87. The summed E-state index contributed by atoms with van der Waals surface area (Å²) in [5.41, 5.74) is 8.59. The van der Waals surface area contributed by atoms with Gasteiger partial charge in [0.05, 0.1) is 11.3 Å². The van der Waals surface area contributed by atoms with E-state index < -0.39 is 0 Å². The molecule has 0 aliphatic heterocycles. The molecule has 4 nitrogen and oxygen atoms in total. The zero-order valence-electron chi connectivity index (χ0n) is 11.9. The molecule has 19 heavy (non-hydrogen) atoms. The highest BCUT2D eigenvalue weighted by Crippen LogP contribution is 2.27. The normalized spacial score (nSPS) is 23.1. The second-order valence-electron chi connectivity index (χ2n) is 5.60. The maximum absolute atomic E-state index is 5.84. The molecule has 5 heteroatoms. The Kier molecular flexibility index (Phi) is 4.34. The number of aromatic nitrogens is 2. The number of nitrogens with zero attached hydrogens (tertiary/aromatic N) is 2. The molecule has 0 aromatic carbocycles. The second-order valence-corrected chi connectivity index (χ2v) is 6.04.